The normalized spacial score (nSPS) is 13.7. The molecule has 1 amide bonds. The monoisotopic (exact) mass is 233 g/mol. The second-order valence-electron chi connectivity index (χ2n) is 3.78. The van der Waals surface area contributed by atoms with Crippen molar-refractivity contribution in [2.24, 2.45) is 5.73 Å². The van der Waals surface area contributed by atoms with Gasteiger partial charge in [0.05, 0.1) is 23.8 Å². The lowest BCUT2D eigenvalue weighted by Crippen LogP contribution is -2.40. The molecule has 1 aromatic rings. The van der Waals surface area contributed by atoms with Gasteiger partial charge >= 0.3 is 0 Å². The van der Waals surface area contributed by atoms with E-state index in [1.54, 1.807) is 31.2 Å². The molecule has 0 bridgehead atoms. The standard InChI is InChI=1S/C12H15N3O2/c1-8(12(14)17)15-7-11(16)10-4-2-9(6-13)3-5-10/h2-5,8,11,15-16H,7H2,1H3,(H2,14,17). The van der Waals surface area contributed by atoms with E-state index in [0.717, 1.165) is 0 Å². The zero-order valence-electron chi connectivity index (χ0n) is 9.55. The Kier molecular flexibility index (Phi) is 4.64. The molecule has 0 radical (unpaired) electrons. The minimum absolute atomic E-state index is 0.232. The lowest BCUT2D eigenvalue weighted by molar-refractivity contribution is -0.119. The Morgan fingerprint density at radius 2 is 2.12 bits per heavy atom. The number of nitriles is 1. The van der Waals surface area contributed by atoms with E-state index in [2.05, 4.69) is 5.32 Å². The summed E-state index contributed by atoms with van der Waals surface area (Å²) in [5.41, 5.74) is 6.31. The van der Waals surface area contributed by atoms with Gasteiger partial charge in [-0.3, -0.25) is 4.79 Å². The van der Waals surface area contributed by atoms with Crippen molar-refractivity contribution in [3.63, 3.8) is 0 Å². The summed E-state index contributed by atoms with van der Waals surface area (Å²) in [5.74, 6) is -0.461. The minimum Gasteiger partial charge on any atom is -0.387 e. The molecular formula is C12H15N3O2. The minimum atomic E-state index is -0.732. The summed E-state index contributed by atoms with van der Waals surface area (Å²) in [7, 11) is 0. The third-order valence-electron chi connectivity index (χ3n) is 2.47. The Morgan fingerprint density at radius 1 is 1.53 bits per heavy atom. The van der Waals surface area contributed by atoms with E-state index in [9.17, 15) is 9.90 Å². The molecule has 5 nitrogen and oxygen atoms in total. The summed E-state index contributed by atoms with van der Waals surface area (Å²) < 4.78 is 0. The number of rotatable bonds is 5. The maximum absolute atomic E-state index is 10.8. The van der Waals surface area contributed by atoms with Gasteiger partial charge in [-0.1, -0.05) is 12.1 Å². The molecule has 5 heteroatoms. The average Bonchev–Trinajstić information content (AvgIpc) is 2.35. The number of nitrogens with two attached hydrogens (primary N) is 1. The van der Waals surface area contributed by atoms with Crippen molar-refractivity contribution in [2.45, 2.75) is 19.1 Å². The number of nitrogens with zero attached hydrogens (tertiary/aromatic N) is 1. The molecular weight excluding hydrogens is 218 g/mol. The molecule has 0 spiro atoms. The summed E-state index contributed by atoms with van der Waals surface area (Å²) >= 11 is 0. The predicted molar refractivity (Wildman–Crippen MR) is 62.8 cm³/mol. The molecule has 2 atom stereocenters. The van der Waals surface area contributed by atoms with E-state index in [-0.39, 0.29) is 6.54 Å². The molecule has 0 aromatic heterocycles. The smallest absolute Gasteiger partial charge is 0.234 e. The summed E-state index contributed by atoms with van der Waals surface area (Å²) in [5, 5.41) is 21.3. The van der Waals surface area contributed by atoms with Crippen molar-refractivity contribution in [1.82, 2.24) is 5.32 Å². The highest BCUT2D eigenvalue weighted by Gasteiger charge is 2.12. The number of hydrogen-bond acceptors (Lipinski definition) is 4. The van der Waals surface area contributed by atoms with E-state index in [1.807, 2.05) is 6.07 Å². The van der Waals surface area contributed by atoms with Gasteiger partial charge < -0.3 is 16.2 Å². The number of benzene rings is 1. The first-order valence-corrected chi connectivity index (χ1v) is 5.25. The Labute approximate surface area is 99.9 Å². The number of carbonyl (C=O) groups is 1. The fraction of sp³-hybridized carbons (Fsp3) is 0.333. The Morgan fingerprint density at radius 3 is 2.59 bits per heavy atom. The SMILES string of the molecule is CC(NCC(O)c1ccc(C#N)cc1)C(N)=O. The lowest BCUT2D eigenvalue weighted by atomic mass is 10.1. The quantitative estimate of drug-likeness (QED) is 0.669. The topological polar surface area (TPSA) is 99.1 Å². The van der Waals surface area contributed by atoms with E-state index < -0.39 is 18.1 Å². The number of primary amides is 1. The van der Waals surface area contributed by atoms with Crippen LogP contribution in [0.4, 0.5) is 0 Å². The predicted octanol–water partition coefficient (Wildman–Crippen LogP) is 0.0551. The number of aliphatic hydroxyl groups excluding tert-OH is 1. The Bertz CT molecular complexity index is 422. The van der Waals surface area contributed by atoms with Crippen LogP contribution in [0.25, 0.3) is 0 Å². The van der Waals surface area contributed by atoms with Crippen LogP contribution in [0.15, 0.2) is 24.3 Å². The maximum Gasteiger partial charge on any atom is 0.234 e. The molecule has 0 saturated carbocycles. The molecule has 2 unspecified atom stereocenters. The number of nitrogens with one attached hydrogen (secondary N) is 1. The van der Waals surface area contributed by atoms with Gasteiger partial charge in [0.25, 0.3) is 0 Å². The van der Waals surface area contributed by atoms with E-state index >= 15 is 0 Å². The fourth-order valence-corrected chi connectivity index (χ4v) is 1.29. The fourth-order valence-electron chi connectivity index (χ4n) is 1.29. The van der Waals surface area contributed by atoms with Crippen LogP contribution in [0.5, 0.6) is 0 Å². The van der Waals surface area contributed by atoms with Crippen LogP contribution in [-0.2, 0) is 4.79 Å². The molecule has 17 heavy (non-hydrogen) atoms. The Balaban J connectivity index is 2.55. The van der Waals surface area contributed by atoms with Crippen molar-refractivity contribution in [2.75, 3.05) is 6.54 Å². The molecule has 0 aliphatic heterocycles. The number of hydrogen-bond donors (Lipinski definition) is 3. The Hall–Kier alpha value is -1.90. The number of aliphatic hydroxyl groups is 1. The second kappa shape index (κ2) is 5.99. The first-order chi connectivity index (χ1) is 8.04. The third kappa shape index (κ3) is 3.87. The van der Waals surface area contributed by atoms with Gasteiger partial charge in [-0.05, 0) is 24.6 Å². The van der Waals surface area contributed by atoms with Crippen LogP contribution in [0.3, 0.4) is 0 Å². The van der Waals surface area contributed by atoms with Crippen molar-refractivity contribution in [3.05, 3.63) is 35.4 Å². The van der Waals surface area contributed by atoms with Crippen LogP contribution in [0.1, 0.15) is 24.2 Å². The van der Waals surface area contributed by atoms with Gasteiger partial charge in [0.2, 0.25) is 5.91 Å². The molecule has 1 rings (SSSR count). The van der Waals surface area contributed by atoms with Crippen molar-refractivity contribution in [1.29, 1.82) is 5.26 Å². The summed E-state index contributed by atoms with van der Waals surface area (Å²) in [4.78, 5) is 10.8. The van der Waals surface area contributed by atoms with Gasteiger partial charge in [0, 0.05) is 6.54 Å². The zero-order chi connectivity index (χ0) is 12.8. The van der Waals surface area contributed by atoms with Crippen molar-refractivity contribution >= 4 is 5.91 Å². The van der Waals surface area contributed by atoms with Gasteiger partial charge in [0.1, 0.15) is 0 Å². The highest BCUT2D eigenvalue weighted by Crippen LogP contribution is 2.12. The van der Waals surface area contributed by atoms with Gasteiger partial charge in [-0.2, -0.15) is 5.26 Å². The van der Waals surface area contributed by atoms with Crippen LogP contribution < -0.4 is 11.1 Å². The molecule has 90 valence electrons. The van der Waals surface area contributed by atoms with Gasteiger partial charge in [-0.15, -0.1) is 0 Å². The molecule has 0 heterocycles. The average molecular weight is 233 g/mol. The van der Waals surface area contributed by atoms with E-state index in [1.165, 1.54) is 0 Å². The molecule has 0 aliphatic carbocycles. The van der Waals surface area contributed by atoms with Crippen LogP contribution in [-0.4, -0.2) is 23.6 Å². The largest absolute Gasteiger partial charge is 0.387 e. The summed E-state index contributed by atoms with van der Waals surface area (Å²) in [6, 6.07) is 8.15. The second-order valence-corrected chi connectivity index (χ2v) is 3.78. The van der Waals surface area contributed by atoms with Crippen molar-refractivity contribution in [3.8, 4) is 6.07 Å². The number of carbonyl (C=O) groups excluding carboxylic acids is 1. The first kappa shape index (κ1) is 13.2. The van der Waals surface area contributed by atoms with Crippen molar-refractivity contribution < 1.29 is 9.90 Å². The molecule has 0 saturated heterocycles. The third-order valence-corrected chi connectivity index (χ3v) is 2.47. The van der Waals surface area contributed by atoms with Gasteiger partial charge in [0.15, 0.2) is 0 Å². The zero-order valence-corrected chi connectivity index (χ0v) is 9.55. The molecule has 0 aliphatic rings. The van der Waals surface area contributed by atoms with Crippen LogP contribution in [0, 0.1) is 11.3 Å². The van der Waals surface area contributed by atoms with Crippen LogP contribution >= 0.6 is 0 Å². The first-order valence-electron chi connectivity index (χ1n) is 5.25. The highest BCUT2D eigenvalue weighted by molar-refractivity contribution is 5.79. The van der Waals surface area contributed by atoms with Gasteiger partial charge in [-0.25, -0.2) is 0 Å². The number of amides is 1. The summed E-state index contributed by atoms with van der Waals surface area (Å²) in [6.07, 6.45) is -0.732. The highest BCUT2D eigenvalue weighted by atomic mass is 16.3. The van der Waals surface area contributed by atoms with E-state index in [0.29, 0.717) is 11.1 Å². The molecule has 1 aromatic carbocycles. The molecule has 4 N–H and O–H groups in total. The van der Waals surface area contributed by atoms with Crippen LogP contribution in [0.2, 0.25) is 0 Å². The maximum atomic E-state index is 10.8. The van der Waals surface area contributed by atoms with E-state index in [4.69, 9.17) is 11.0 Å². The lowest BCUT2D eigenvalue weighted by Gasteiger charge is -2.15. The summed E-state index contributed by atoms with van der Waals surface area (Å²) in [6.45, 7) is 1.86. The molecule has 0 fully saturated rings.